The second-order valence-electron chi connectivity index (χ2n) is 8.21. The van der Waals surface area contributed by atoms with Crippen molar-refractivity contribution in [2.45, 2.75) is 44.2 Å². The Morgan fingerprint density at radius 1 is 1.11 bits per heavy atom. The molecule has 4 aliphatic heterocycles. The first-order valence-corrected chi connectivity index (χ1v) is 10.3. The highest BCUT2D eigenvalue weighted by Crippen LogP contribution is 2.46. The summed E-state index contributed by atoms with van der Waals surface area (Å²) < 4.78 is 13.5. The van der Waals surface area contributed by atoms with Gasteiger partial charge in [0.15, 0.2) is 0 Å². The van der Waals surface area contributed by atoms with Crippen LogP contribution < -0.4 is 0 Å². The standard InChI is InChI=1S/C22H25FN4O/c1-2-19-24-11-16(12-25-19)22(28)27-13-18(14-3-5-17(23)6-4-14)21-20(27)15-7-9-26(21)10-8-15/h3-6,11-12,15,18,20-21H,2,7-10,13H2,1H3/t18-,20+,21+/m1/s1. The molecule has 2 aromatic rings. The van der Waals surface area contributed by atoms with E-state index in [4.69, 9.17) is 0 Å². The van der Waals surface area contributed by atoms with E-state index in [1.165, 1.54) is 12.1 Å². The maximum Gasteiger partial charge on any atom is 0.257 e. The third-order valence-electron chi connectivity index (χ3n) is 6.82. The zero-order valence-electron chi connectivity index (χ0n) is 16.1. The van der Waals surface area contributed by atoms with Crippen LogP contribution in [-0.4, -0.2) is 57.4 Å². The number of carbonyl (C=O) groups excluding carboxylic acids is 1. The SMILES string of the molecule is CCc1ncc(C(=O)N2C[C@H](c3ccc(F)cc3)[C@H]3[C@@H]2C2CCN3CC2)cn1. The topological polar surface area (TPSA) is 49.3 Å². The number of halogens is 1. The van der Waals surface area contributed by atoms with Gasteiger partial charge >= 0.3 is 0 Å². The van der Waals surface area contributed by atoms with E-state index in [9.17, 15) is 9.18 Å². The highest BCUT2D eigenvalue weighted by molar-refractivity contribution is 5.94. The van der Waals surface area contributed by atoms with Gasteiger partial charge in [-0.25, -0.2) is 14.4 Å². The summed E-state index contributed by atoms with van der Waals surface area (Å²) in [6, 6.07) is 7.36. The predicted octanol–water partition coefficient (Wildman–Crippen LogP) is 2.88. The Balaban J connectivity index is 1.49. The molecular weight excluding hydrogens is 355 g/mol. The summed E-state index contributed by atoms with van der Waals surface area (Å²) in [5.41, 5.74) is 1.68. The number of likely N-dealkylation sites (tertiary alicyclic amines) is 1. The lowest BCUT2D eigenvalue weighted by Crippen LogP contribution is -2.60. The third kappa shape index (κ3) is 2.82. The Morgan fingerprint density at radius 2 is 1.79 bits per heavy atom. The molecule has 0 N–H and O–H groups in total. The van der Waals surface area contributed by atoms with Crippen molar-refractivity contribution >= 4 is 5.91 Å². The fourth-order valence-corrected chi connectivity index (χ4v) is 5.47. The molecular formula is C22H25FN4O. The van der Waals surface area contributed by atoms with E-state index in [-0.39, 0.29) is 23.7 Å². The van der Waals surface area contributed by atoms with E-state index in [0.29, 0.717) is 24.1 Å². The van der Waals surface area contributed by atoms with E-state index in [1.807, 2.05) is 19.1 Å². The fraction of sp³-hybridized carbons (Fsp3) is 0.500. The van der Waals surface area contributed by atoms with Crippen molar-refractivity contribution < 1.29 is 9.18 Å². The number of piperidine rings is 3. The Labute approximate surface area is 164 Å². The summed E-state index contributed by atoms with van der Waals surface area (Å²) in [6.07, 6.45) is 6.37. The second-order valence-corrected chi connectivity index (χ2v) is 8.21. The molecule has 6 rings (SSSR count). The van der Waals surface area contributed by atoms with E-state index in [1.54, 1.807) is 12.4 Å². The van der Waals surface area contributed by atoms with Gasteiger partial charge in [-0.15, -0.1) is 0 Å². The number of aryl methyl sites for hydroxylation is 1. The van der Waals surface area contributed by atoms with Crippen LogP contribution >= 0.6 is 0 Å². The predicted molar refractivity (Wildman–Crippen MR) is 103 cm³/mol. The average Bonchev–Trinajstić information content (AvgIpc) is 3.17. The third-order valence-corrected chi connectivity index (χ3v) is 6.82. The van der Waals surface area contributed by atoms with Crippen molar-refractivity contribution in [3.8, 4) is 0 Å². The molecule has 0 spiro atoms. The molecule has 28 heavy (non-hydrogen) atoms. The molecule has 4 saturated heterocycles. The van der Waals surface area contributed by atoms with E-state index < -0.39 is 0 Å². The van der Waals surface area contributed by atoms with Crippen LogP contribution in [0.2, 0.25) is 0 Å². The van der Waals surface area contributed by atoms with Gasteiger partial charge in [0.2, 0.25) is 0 Å². The van der Waals surface area contributed by atoms with Crippen LogP contribution in [0.25, 0.3) is 0 Å². The Morgan fingerprint density at radius 3 is 2.43 bits per heavy atom. The molecule has 5 nitrogen and oxygen atoms in total. The van der Waals surface area contributed by atoms with Gasteiger partial charge in [0.05, 0.1) is 11.6 Å². The number of hydrogen-bond donors (Lipinski definition) is 0. The minimum absolute atomic E-state index is 0.0241. The molecule has 1 aromatic carbocycles. The van der Waals surface area contributed by atoms with Crippen molar-refractivity contribution in [1.29, 1.82) is 0 Å². The lowest BCUT2D eigenvalue weighted by atomic mass is 9.75. The van der Waals surface area contributed by atoms with E-state index >= 15 is 0 Å². The number of rotatable bonds is 3. The lowest BCUT2D eigenvalue weighted by Gasteiger charge is -2.51. The van der Waals surface area contributed by atoms with Crippen molar-refractivity contribution in [1.82, 2.24) is 19.8 Å². The zero-order valence-corrected chi connectivity index (χ0v) is 16.1. The first kappa shape index (κ1) is 17.7. The summed E-state index contributed by atoms with van der Waals surface area (Å²) in [5, 5.41) is 0. The molecule has 5 heterocycles. The van der Waals surface area contributed by atoms with Crippen molar-refractivity contribution in [3.63, 3.8) is 0 Å². The molecule has 0 saturated carbocycles. The zero-order chi connectivity index (χ0) is 19.3. The molecule has 3 atom stereocenters. The fourth-order valence-electron chi connectivity index (χ4n) is 5.47. The van der Waals surface area contributed by atoms with Gasteiger partial charge in [0.1, 0.15) is 11.6 Å². The van der Waals surface area contributed by atoms with Crippen LogP contribution in [0.3, 0.4) is 0 Å². The largest absolute Gasteiger partial charge is 0.333 e. The maximum absolute atomic E-state index is 13.5. The monoisotopic (exact) mass is 380 g/mol. The number of fused-ring (bicyclic) bond motifs is 2. The number of carbonyl (C=O) groups is 1. The summed E-state index contributed by atoms with van der Waals surface area (Å²) >= 11 is 0. The molecule has 2 bridgehead atoms. The number of benzene rings is 1. The minimum Gasteiger partial charge on any atom is -0.333 e. The van der Waals surface area contributed by atoms with Crippen molar-refractivity contribution in [3.05, 3.63) is 59.4 Å². The molecule has 0 aliphatic carbocycles. The van der Waals surface area contributed by atoms with Crippen LogP contribution in [0, 0.1) is 11.7 Å². The van der Waals surface area contributed by atoms with Crippen LogP contribution in [-0.2, 0) is 6.42 Å². The Bertz CT molecular complexity index is 861. The summed E-state index contributed by atoms with van der Waals surface area (Å²) in [7, 11) is 0. The highest BCUT2D eigenvalue weighted by atomic mass is 19.1. The van der Waals surface area contributed by atoms with Crippen LogP contribution in [0.15, 0.2) is 36.7 Å². The summed E-state index contributed by atoms with van der Waals surface area (Å²) in [5.74, 6) is 1.32. The molecule has 1 aromatic heterocycles. The van der Waals surface area contributed by atoms with Gasteiger partial charge in [-0.2, -0.15) is 0 Å². The molecule has 4 fully saturated rings. The first-order chi connectivity index (χ1) is 13.7. The molecule has 4 aliphatic rings. The van der Waals surface area contributed by atoms with Gasteiger partial charge in [0.25, 0.3) is 5.91 Å². The Hall–Kier alpha value is -2.34. The van der Waals surface area contributed by atoms with Gasteiger partial charge in [0, 0.05) is 37.3 Å². The van der Waals surface area contributed by atoms with Crippen molar-refractivity contribution in [2.24, 2.45) is 5.92 Å². The summed E-state index contributed by atoms with van der Waals surface area (Å²) in [6.45, 7) is 4.87. The maximum atomic E-state index is 13.5. The van der Waals surface area contributed by atoms with Gasteiger partial charge in [-0.05, 0) is 49.5 Å². The van der Waals surface area contributed by atoms with Gasteiger partial charge in [-0.1, -0.05) is 19.1 Å². The number of hydrogen-bond acceptors (Lipinski definition) is 4. The highest BCUT2D eigenvalue weighted by Gasteiger charge is 2.54. The van der Waals surface area contributed by atoms with E-state index in [0.717, 1.165) is 43.7 Å². The normalized spacial score (nSPS) is 31.1. The Kier molecular flexibility index (Phi) is 4.38. The molecule has 0 radical (unpaired) electrons. The lowest BCUT2D eigenvalue weighted by molar-refractivity contribution is -0.00343. The number of aromatic nitrogens is 2. The quantitative estimate of drug-likeness (QED) is 0.822. The molecule has 0 unspecified atom stereocenters. The summed E-state index contributed by atoms with van der Waals surface area (Å²) in [4.78, 5) is 26.6. The first-order valence-electron chi connectivity index (χ1n) is 10.3. The number of nitrogens with zero attached hydrogens (tertiary/aromatic N) is 4. The molecule has 146 valence electrons. The second kappa shape index (κ2) is 6.92. The van der Waals surface area contributed by atoms with Crippen molar-refractivity contribution in [2.75, 3.05) is 19.6 Å². The van der Waals surface area contributed by atoms with Crippen LogP contribution in [0.1, 0.15) is 47.4 Å². The molecule has 1 amide bonds. The molecule has 6 heteroatoms. The van der Waals surface area contributed by atoms with E-state index in [2.05, 4.69) is 19.8 Å². The number of amides is 1. The minimum atomic E-state index is -0.218. The van der Waals surface area contributed by atoms with Crippen LogP contribution in [0.5, 0.6) is 0 Å². The van der Waals surface area contributed by atoms with Crippen LogP contribution in [0.4, 0.5) is 4.39 Å². The smallest absolute Gasteiger partial charge is 0.257 e. The van der Waals surface area contributed by atoms with Gasteiger partial charge < -0.3 is 4.90 Å². The van der Waals surface area contributed by atoms with Gasteiger partial charge in [-0.3, -0.25) is 9.69 Å². The average molecular weight is 380 g/mol.